The van der Waals surface area contributed by atoms with Crippen molar-refractivity contribution in [2.24, 2.45) is 0 Å². The van der Waals surface area contributed by atoms with Crippen LogP contribution in [0.1, 0.15) is 47.1 Å². The summed E-state index contributed by atoms with van der Waals surface area (Å²) in [7, 11) is 1.28. The summed E-state index contributed by atoms with van der Waals surface area (Å²) in [6.45, 7) is 2.69. The van der Waals surface area contributed by atoms with Gasteiger partial charge < -0.3 is 47.4 Å². The fraction of sp³-hybridized carbons (Fsp3) is 0.410. The second-order valence-electron chi connectivity index (χ2n) is 12.7. The number of esters is 5. The van der Waals surface area contributed by atoms with Gasteiger partial charge in [-0.1, -0.05) is 66.7 Å². The maximum atomic E-state index is 13.5. The average molecular weight is 765 g/mol. The van der Waals surface area contributed by atoms with E-state index in [1.165, 1.54) is 7.11 Å². The lowest BCUT2D eigenvalue weighted by atomic mass is 9.98. The third-order valence-corrected chi connectivity index (χ3v) is 8.76. The van der Waals surface area contributed by atoms with Crippen LogP contribution in [0.3, 0.4) is 0 Å². The Balaban J connectivity index is 1.32. The van der Waals surface area contributed by atoms with Crippen molar-refractivity contribution in [3.05, 3.63) is 108 Å². The minimum absolute atomic E-state index is 0.233. The molecule has 3 aliphatic rings. The van der Waals surface area contributed by atoms with Crippen LogP contribution in [-0.2, 0) is 72.5 Å². The first kappa shape index (κ1) is 39.5. The number of fused-ring (bicyclic) bond motifs is 1. The lowest BCUT2D eigenvalue weighted by Gasteiger charge is -2.44. The fourth-order valence-corrected chi connectivity index (χ4v) is 6.42. The molecule has 3 aromatic rings. The molecule has 0 unspecified atom stereocenters. The summed E-state index contributed by atoms with van der Waals surface area (Å²) < 4.78 is 65.3. The number of rotatable bonds is 12. The first-order valence-electron chi connectivity index (χ1n) is 17.4. The molecule has 0 aromatic heterocycles. The summed E-state index contributed by atoms with van der Waals surface area (Å²) in [5, 5.41) is 0. The molecule has 10 atom stereocenters. The van der Waals surface area contributed by atoms with Gasteiger partial charge in [0.05, 0.1) is 24.3 Å². The Morgan fingerprint density at radius 2 is 1.16 bits per heavy atom. The van der Waals surface area contributed by atoms with Gasteiger partial charge in [0.1, 0.15) is 6.10 Å². The number of carbonyl (C=O) groups is 5. The third kappa shape index (κ3) is 9.19. The fourth-order valence-electron chi connectivity index (χ4n) is 6.42. The molecule has 0 amide bonds. The molecule has 3 heterocycles. The van der Waals surface area contributed by atoms with Crippen LogP contribution in [0.2, 0.25) is 0 Å². The maximum absolute atomic E-state index is 13.5. The summed E-state index contributed by atoms with van der Waals surface area (Å²) in [5.41, 5.74) is 0.822. The van der Waals surface area contributed by atoms with Crippen molar-refractivity contribution in [1.29, 1.82) is 0 Å². The Morgan fingerprint density at radius 1 is 0.636 bits per heavy atom. The normalized spacial score (nSPS) is 29.9. The van der Waals surface area contributed by atoms with Crippen LogP contribution in [0.5, 0.6) is 0 Å². The zero-order valence-corrected chi connectivity index (χ0v) is 30.3. The van der Waals surface area contributed by atoms with E-state index in [9.17, 15) is 24.0 Å². The largest absolute Gasteiger partial charge is 0.456 e. The second-order valence-corrected chi connectivity index (χ2v) is 12.7. The van der Waals surface area contributed by atoms with Gasteiger partial charge in [0.25, 0.3) is 0 Å². The first-order valence-corrected chi connectivity index (χ1v) is 17.4. The van der Waals surface area contributed by atoms with Crippen LogP contribution < -0.4 is 0 Å². The molecule has 0 radical (unpaired) electrons. The number of hydrogen-bond donors (Lipinski definition) is 0. The smallest absolute Gasteiger partial charge is 0.338 e. The van der Waals surface area contributed by atoms with Gasteiger partial charge in [-0.2, -0.15) is 0 Å². The minimum atomic E-state index is -2.09. The maximum Gasteiger partial charge on any atom is 0.338 e. The summed E-state index contributed by atoms with van der Waals surface area (Å²) >= 11 is 0. The molecule has 0 aliphatic carbocycles. The molecular formula is C39H40O16. The van der Waals surface area contributed by atoms with Crippen molar-refractivity contribution in [1.82, 2.24) is 0 Å². The van der Waals surface area contributed by atoms with E-state index in [-0.39, 0.29) is 17.7 Å². The van der Waals surface area contributed by atoms with Crippen molar-refractivity contribution in [2.45, 2.75) is 82.1 Å². The lowest BCUT2D eigenvalue weighted by molar-refractivity contribution is -0.381. The van der Waals surface area contributed by atoms with Gasteiger partial charge in [0, 0.05) is 33.4 Å². The van der Waals surface area contributed by atoms with E-state index in [1.54, 1.807) is 91.0 Å². The molecule has 3 aliphatic heterocycles. The van der Waals surface area contributed by atoms with E-state index in [1.807, 2.05) is 0 Å². The Morgan fingerprint density at radius 3 is 1.73 bits per heavy atom. The highest BCUT2D eigenvalue weighted by Gasteiger charge is 2.60. The van der Waals surface area contributed by atoms with Gasteiger partial charge >= 0.3 is 35.8 Å². The highest BCUT2D eigenvalue weighted by molar-refractivity contribution is 5.90. The highest BCUT2D eigenvalue weighted by Crippen LogP contribution is 2.44. The van der Waals surface area contributed by atoms with E-state index < -0.39 is 97.7 Å². The zero-order valence-electron chi connectivity index (χ0n) is 30.3. The molecule has 16 nitrogen and oxygen atoms in total. The van der Waals surface area contributed by atoms with E-state index in [4.69, 9.17) is 52.1 Å². The van der Waals surface area contributed by atoms with Crippen LogP contribution in [0, 0.1) is 0 Å². The molecule has 0 spiro atoms. The minimum Gasteiger partial charge on any atom is -0.456 e. The monoisotopic (exact) mass is 764 g/mol. The predicted molar refractivity (Wildman–Crippen MR) is 183 cm³/mol. The van der Waals surface area contributed by atoms with Gasteiger partial charge in [0.2, 0.25) is 0 Å². The Bertz CT molecular complexity index is 1810. The van der Waals surface area contributed by atoms with E-state index >= 15 is 0 Å². The van der Waals surface area contributed by atoms with E-state index in [2.05, 4.69) is 0 Å². The van der Waals surface area contributed by atoms with Crippen LogP contribution in [0.4, 0.5) is 0 Å². The Hall–Kier alpha value is -5.23. The third-order valence-electron chi connectivity index (χ3n) is 8.76. The van der Waals surface area contributed by atoms with Crippen molar-refractivity contribution in [2.75, 3.05) is 20.3 Å². The number of benzene rings is 3. The molecule has 3 saturated heterocycles. The van der Waals surface area contributed by atoms with E-state index in [0.717, 1.165) is 20.8 Å². The molecule has 0 bridgehead atoms. The SMILES string of the molecule is CO[C@H]1O[C@H](CO[C@]2(c3ccccc3)O[C@H]3OC[C@@H](OC(=O)c4ccccc4)[C@H](OC(=O)c4ccccc4)[C@H]3O2)[C@@H](OC(C)=O)[C@H](OC(C)=O)[C@H]1OC(C)=O. The van der Waals surface area contributed by atoms with Crippen molar-refractivity contribution in [3.63, 3.8) is 0 Å². The first-order chi connectivity index (χ1) is 26.5. The van der Waals surface area contributed by atoms with Crippen molar-refractivity contribution in [3.8, 4) is 0 Å². The predicted octanol–water partition coefficient (Wildman–Crippen LogP) is 3.20. The topological polar surface area (TPSA) is 187 Å². The summed E-state index contributed by atoms with van der Waals surface area (Å²) in [6.07, 6.45) is -11.5. The summed E-state index contributed by atoms with van der Waals surface area (Å²) in [5.74, 6) is -5.78. The molecule has 292 valence electrons. The number of ether oxygens (including phenoxy) is 11. The quantitative estimate of drug-likeness (QED) is 0.193. The van der Waals surface area contributed by atoms with Crippen LogP contribution in [-0.4, -0.2) is 105 Å². The van der Waals surface area contributed by atoms with Crippen LogP contribution in [0.15, 0.2) is 91.0 Å². The molecule has 16 heteroatoms. The summed E-state index contributed by atoms with van der Waals surface area (Å²) in [6, 6.07) is 24.9. The molecule has 55 heavy (non-hydrogen) atoms. The Labute approximate surface area is 315 Å². The summed E-state index contributed by atoms with van der Waals surface area (Å²) in [4.78, 5) is 63.4. The average Bonchev–Trinajstić information content (AvgIpc) is 3.57. The zero-order chi connectivity index (χ0) is 39.1. The number of carbonyl (C=O) groups excluding carboxylic acids is 5. The molecule has 6 rings (SSSR count). The van der Waals surface area contributed by atoms with Crippen molar-refractivity contribution >= 4 is 29.8 Å². The van der Waals surface area contributed by atoms with Gasteiger partial charge in [-0.05, 0) is 24.3 Å². The van der Waals surface area contributed by atoms with Gasteiger partial charge in [0.15, 0.2) is 49.2 Å². The molecular weight excluding hydrogens is 724 g/mol. The number of hydrogen-bond acceptors (Lipinski definition) is 16. The molecule has 0 N–H and O–H groups in total. The Kier molecular flexibility index (Phi) is 12.5. The van der Waals surface area contributed by atoms with Crippen molar-refractivity contribution < 1.29 is 76.1 Å². The molecule has 3 fully saturated rings. The standard InChI is InChI=1S/C39H40O16/c1-22(40)48-30-29(52-37(45-4)33(50-24(3)42)32(30)49-23(2)41)21-47-39(27-18-12-7-13-19-27)54-34-31(53-36(44)26-16-10-6-11-17-26)28(20-46-38(34)55-39)51-35(43)25-14-8-5-9-15-25/h5-19,28-34,37-38H,20-21H2,1-4H3/t28-,29-,30-,31+,32+,33-,34-,37+,38-,39+/m1/s1. The number of methoxy groups -OCH3 is 1. The van der Waals surface area contributed by atoms with E-state index in [0.29, 0.717) is 5.56 Å². The molecule has 0 saturated carbocycles. The van der Waals surface area contributed by atoms with Gasteiger partial charge in [-0.25, -0.2) is 9.59 Å². The van der Waals surface area contributed by atoms with Crippen LogP contribution in [0.25, 0.3) is 0 Å². The lowest BCUT2D eigenvalue weighted by Crippen LogP contribution is -2.63. The van der Waals surface area contributed by atoms with Gasteiger partial charge in [-0.15, -0.1) is 0 Å². The molecule has 3 aromatic carbocycles. The van der Waals surface area contributed by atoms with Gasteiger partial charge in [-0.3, -0.25) is 19.1 Å². The second kappa shape index (κ2) is 17.5. The highest BCUT2D eigenvalue weighted by atomic mass is 16.9. The van der Waals surface area contributed by atoms with Crippen LogP contribution >= 0.6 is 0 Å².